The topological polar surface area (TPSA) is 38.7 Å². The molecule has 3 rings (SSSR count). The van der Waals surface area contributed by atoms with Gasteiger partial charge in [0, 0.05) is 13.0 Å². The Bertz CT molecular complexity index is 559. The smallest absolute Gasteiger partial charge is 0.119 e. The van der Waals surface area contributed by atoms with Crippen molar-refractivity contribution in [2.24, 2.45) is 0 Å². The first-order valence-electron chi connectivity index (χ1n) is 6.78. The zero-order valence-electron chi connectivity index (χ0n) is 10.8. The Morgan fingerprint density at radius 3 is 2.89 bits per heavy atom. The Kier molecular flexibility index (Phi) is 3.56. The zero-order chi connectivity index (χ0) is 13.1. The lowest BCUT2D eigenvalue weighted by Gasteiger charge is -2.11. The SMILES string of the molecule is Oc1ccc2ccc(OCCC3CCCO3)cc2c1. The van der Waals surface area contributed by atoms with Crippen molar-refractivity contribution in [3.63, 3.8) is 0 Å². The molecule has 1 saturated heterocycles. The highest BCUT2D eigenvalue weighted by Crippen LogP contribution is 2.25. The molecular formula is C16H18O3. The van der Waals surface area contributed by atoms with Crippen LogP contribution in [0.1, 0.15) is 19.3 Å². The van der Waals surface area contributed by atoms with Crippen LogP contribution in [0, 0.1) is 0 Å². The number of benzene rings is 2. The Morgan fingerprint density at radius 1 is 1.16 bits per heavy atom. The van der Waals surface area contributed by atoms with E-state index in [-0.39, 0.29) is 5.75 Å². The normalized spacial score (nSPS) is 18.8. The number of fused-ring (bicyclic) bond motifs is 1. The molecule has 2 aromatic carbocycles. The summed E-state index contributed by atoms with van der Waals surface area (Å²) in [5.74, 6) is 1.13. The summed E-state index contributed by atoms with van der Waals surface area (Å²) in [5, 5.41) is 11.6. The molecule has 3 nitrogen and oxygen atoms in total. The van der Waals surface area contributed by atoms with Gasteiger partial charge < -0.3 is 14.6 Å². The molecule has 1 unspecified atom stereocenters. The van der Waals surface area contributed by atoms with E-state index in [2.05, 4.69) is 0 Å². The van der Waals surface area contributed by atoms with Gasteiger partial charge in [0.05, 0.1) is 12.7 Å². The third-order valence-electron chi connectivity index (χ3n) is 3.53. The highest BCUT2D eigenvalue weighted by molar-refractivity contribution is 5.85. The molecule has 3 heteroatoms. The largest absolute Gasteiger partial charge is 0.508 e. The predicted octanol–water partition coefficient (Wildman–Crippen LogP) is 3.49. The van der Waals surface area contributed by atoms with Gasteiger partial charge >= 0.3 is 0 Å². The molecule has 1 heterocycles. The van der Waals surface area contributed by atoms with E-state index in [4.69, 9.17) is 9.47 Å². The molecule has 1 aliphatic heterocycles. The Balaban J connectivity index is 1.63. The second-order valence-electron chi connectivity index (χ2n) is 4.97. The zero-order valence-corrected chi connectivity index (χ0v) is 10.8. The molecular weight excluding hydrogens is 240 g/mol. The molecule has 0 bridgehead atoms. The van der Waals surface area contributed by atoms with E-state index in [1.807, 2.05) is 24.3 Å². The average molecular weight is 258 g/mol. The maximum absolute atomic E-state index is 9.48. The fourth-order valence-electron chi connectivity index (χ4n) is 2.48. The van der Waals surface area contributed by atoms with Crippen LogP contribution < -0.4 is 4.74 Å². The fraction of sp³-hybridized carbons (Fsp3) is 0.375. The van der Waals surface area contributed by atoms with Crippen LogP contribution in [0.4, 0.5) is 0 Å². The van der Waals surface area contributed by atoms with E-state index >= 15 is 0 Å². The van der Waals surface area contributed by atoms with Gasteiger partial charge in [0.25, 0.3) is 0 Å². The van der Waals surface area contributed by atoms with Gasteiger partial charge in [-0.05, 0) is 47.9 Å². The monoisotopic (exact) mass is 258 g/mol. The average Bonchev–Trinajstić information content (AvgIpc) is 2.91. The summed E-state index contributed by atoms with van der Waals surface area (Å²) in [7, 11) is 0. The second kappa shape index (κ2) is 5.49. The molecule has 1 atom stereocenters. The van der Waals surface area contributed by atoms with Crippen LogP contribution in [0.25, 0.3) is 10.8 Å². The van der Waals surface area contributed by atoms with Gasteiger partial charge in [0.15, 0.2) is 0 Å². The van der Waals surface area contributed by atoms with Crippen molar-refractivity contribution in [1.29, 1.82) is 0 Å². The Labute approximate surface area is 112 Å². The number of hydrogen-bond donors (Lipinski definition) is 1. The van der Waals surface area contributed by atoms with E-state index in [9.17, 15) is 5.11 Å². The first-order valence-corrected chi connectivity index (χ1v) is 6.78. The number of ether oxygens (including phenoxy) is 2. The molecule has 1 N–H and O–H groups in total. The van der Waals surface area contributed by atoms with E-state index in [1.165, 1.54) is 6.42 Å². The summed E-state index contributed by atoms with van der Waals surface area (Å²) in [4.78, 5) is 0. The molecule has 1 fully saturated rings. The van der Waals surface area contributed by atoms with Crippen molar-refractivity contribution in [3.05, 3.63) is 36.4 Å². The molecule has 19 heavy (non-hydrogen) atoms. The lowest BCUT2D eigenvalue weighted by molar-refractivity contribution is 0.0904. The molecule has 0 radical (unpaired) electrons. The van der Waals surface area contributed by atoms with Crippen LogP contribution in [-0.4, -0.2) is 24.4 Å². The lowest BCUT2D eigenvalue weighted by Crippen LogP contribution is -2.10. The van der Waals surface area contributed by atoms with E-state index in [0.717, 1.165) is 36.0 Å². The number of hydrogen-bond acceptors (Lipinski definition) is 3. The standard InChI is InChI=1S/C16H18O3/c17-14-5-3-12-4-6-16(11-13(12)10-14)19-9-7-15-2-1-8-18-15/h3-6,10-11,15,17H,1-2,7-9H2. The van der Waals surface area contributed by atoms with Crippen molar-refractivity contribution >= 4 is 10.8 Å². The van der Waals surface area contributed by atoms with Crippen LogP contribution >= 0.6 is 0 Å². The molecule has 0 amide bonds. The maximum atomic E-state index is 9.48. The number of rotatable bonds is 4. The van der Waals surface area contributed by atoms with Crippen molar-refractivity contribution in [3.8, 4) is 11.5 Å². The van der Waals surface area contributed by atoms with Gasteiger partial charge in [-0.3, -0.25) is 0 Å². The van der Waals surface area contributed by atoms with Crippen molar-refractivity contribution in [1.82, 2.24) is 0 Å². The number of phenolic OH excluding ortho intramolecular Hbond substituents is 1. The summed E-state index contributed by atoms with van der Waals surface area (Å²) < 4.78 is 11.3. The van der Waals surface area contributed by atoms with Crippen LogP contribution in [0.2, 0.25) is 0 Å². The van der Waals surface area contributed by atoms with E-state index < -0.39 is 0 Å². The lowest BCUT2D eigenvalue weighted by atomic mass is 10.1. The van der Waals surface area contributed by atoms with Crippen molar-refractivity contribution in [2.45, 2.75) is 25.4 Å². The molecule has 0 saturated carbocycles. The minimum atomic E-state index is 0.281. The third kappa shape index (κ3) is 2.99. The first-order chi connectivity index (χ1) is 9.31. The predicted molar refractivity (Wildman–Crippen MR) is 74.7 cm³/mol. The Hall–Kier alpha value is -1.74. The van der Waals surface area contributed by atoms with Crippen LogP contribution in [-0.2, 0) is 4.74 Å². The van der Waals surface area contributed by atoms with Crippen molar-refractivity contribution < 1.29 is 14.6 Å². The summed E-state index contributed by atoms with van der Waals surface area (Å²) >= 11 is 0. The van der Waals surface area contributed by atoms with Gasteiger partial charge in [-0.2, -0.15) is 0 Å². The maximum Gasteiger partial charge on any atom is 0.119 e. The fourth-order valence-corrected chi connectivity index (χ4v) is 2.48. The van der Waals surface area contributed by atoms with E-state index in [0.29, 0.717) is 12.7 Å². The van der Waals surface area contributed by atoms with Gasteiger partial charge in [0.1, 0.15) is 11.5 Å². The molecule has 100 valence electrons. The van der Waals surface area contributed by atoms with Crippen LogP contribution in [0.15, 0.2) is 36.4 Å². The highest BCUT2D eigenvalue weighted by Gasteiger charge is 2.14. The van der Waals surface area contributed by atoms with Crippen LogP contribution in [0.5, 0.6) is 11.5 Å². The van der Waals surface area contributed by atoms with Crippen LogP contribution in [0.3, 0.4) is 0 Å². The van der Waals surface area contributed by atoms with Crippen molar-refractivity contribution in [2.75, 3.05) is 13.2 Å². The number of phenols is 1. The quantitative estimate of drug-likeness (QED) is 0.912. The summed E-state index contributed by atoms with van der Waals surface area (Å²) in [6, 6.07) is 11.3. The second-order valence-corrected chi connectivity index (χ2v) is 4.97. The number of aromatic hydroxyl groups is 1. The third-order valence-corrected chi connectivity index (χ3v) is 3.53. The molecule has 0 aromatic heterocycles. The molecule has 2 aromatic rings. The summed E-state index contributed by atoms with van der Waals surface area (Å²) in [6.45, 7) is 1.56. The molecule has 0 aliphatic carbocycles. The van der Waals surface area contributed by atoms with Gasteiger partial charge in [0.2, 0.25) is 0 Å². The minimum Gasteiger partial charge on any atom is -0.508 e. The summed E-state index contributed by atoms with van der Waals surface area (Å²) in [5.41, 5.74) is 0. The van der Waals surface area contributed by atoms with Gasteiger partial charge in [-0.1, -0.05) is 12.1 Å². The first kappa shape index (κ1) is 12.3. The highest BCUT2D eigenvalue weighted by atomic mass is 16.5. The van der Waals surface area contributed by atoms with E-state index in [1.54, 1.807) is 12.1 Å². The van der Waals surface area contributed by atoms with Gasteiger partial charge in [-0.15, -0.1) is 0 Å². The Morgan fingerprint density at radius 2 is 2.05 bits per heavy atom. The molecule has 0 spiro atoms. The summed E-state index contributed by atoms with van der Waals surface area (Å²) in [6.07, 6.45) is 3.62. The van der Waals surface area contributed by atoms with Gasteiger partial charge in [-0.25, -0.2) is 0 Å². The molecule has 1 aliphatic rings. The minimum absolute atomic E-state index is 0.281.